The third-order valence-corrected chi connectivity index (χ3v) is 1.98. The molecule has 2 N–H and O–H groups in total. The maximum absolute atomic E-state index is 10.8. The number of hydrogen-bond donors (Lipinski definition) is 2. The van der Waals surface area contributed by atoms with Crippen LogP contribution in [0.4, 0.5) is 0 Å². The first-order valence-electron chi connectivity index (χ1n) is 5.16. The van der Waals surface area contributed by atoms with Gasteiger partial charge < -0.3 is 10.4 Å². The summed E-state index contributed by atoms with van der Waals surface area (Å²) in [5, 5.41) is 11.2. The summed E-state index contributed by atoms with van der Waals surface area (Å²) in [5.74, 6) is -0.874. The molecule has 4 heteroatoms. The van der Waals surface area contributed by atoms with Gasteiger partial charge in [0.1, 0.15) is 0 Å². The van der Waals surface area contributed by atoms with Crippen LogP contribution in [0.2, 0.25) is 0 Å². The topological polar surface area (TPSA) is 66.4 Å². The summed E-state index contributed by atoms with van der Waals surface area (Å²) in [6.07, 6.45) is 3.74. The maximum Gasteiger partial charge on any atom is 0.330 e. The van der Waals surface area contributed by atoms with E-state index in [1.807, 2.05) is 6.92 Å². The molecule has 0 aromatic heterocycles. The van der Waals surface area contributed by atoms with Crippen molar-refractivity contribution in [3.8, 4) is 0 Å². The molecule has 4 nitrogen and oxygen atoms in total. The predicted molar refractivity (Wildman–Crippen MR) is 58.2 cm³/mol. The van der Waals surface area contributed by atoms with Gasteiger partial charge in [-0.2, -0.15) is 0 Å². The van der Waals surface area contributed by atoms with E-state index >= 15 is 0 Å². The molecule has 0 saturated heterocycles. The van der Waals surface area contributed by atoms with E-state index in [2.05, 4.69) is 12.2 Å². The Morgan fingerprint density at radius 2 is 2.07 bits per heavy atom. The largest absolute Gasteiger partial charge is 0.478 e. The Labute approximate surface area is 90.4 Å². The number of aliphatic carboxylic acids is 1. The minimum atomic E-state index is -1.03. The Bertz CT molecular complexity index is 259. The van der Waals surface area contributed by atoms with Crippen LogP contribution in [0.15, 0.2) is 11.8 Å². The Morgan fingerprint density at radius 1 is 1.47 bits per heavy atom. The fourth-order valence-electron chi connectivity index (χ4n) is 1.49. The summed E-state index contributed by atoms with van der Waals surface area (Å²) in [6.45, 7) is 5.50. The van der Waals surface area contributed by atoms with E-state index in [0.29, 0.717) is 18.0 Å². The highest BCUT2D eigenvalue weighted by Gasteiger charge is 2.08. The second-order valence-corrected chi connectivity index (χ2v) is 3.79. The van der Waals surface area contributed by atoms with Crippen molar-refractivity contribution >= 4 is 11.9 Å². The number of rotatable bonds is 6. The van der Waals surface area contributed by atoms with Crippen molar-refractivity contribution in [1.82, 2.24) is 5.32 Å². The summed E-state index contributed by atoms with van der Waals surface area (Å²) >= 11 is 0. The molecule has 0 aromatic carbocycles. The molecule has 0 radical (unpaired) electrons. The minimum Gasteiger partial charge on any atom is -0.478 e. The van der Waals surface area contributed by atoms with E-state index in [1.54, 1.807) is 0 Å². The average Bonchev–Trinajstić information content (AvgIpc) is 2.00. The summed E-state index contributed by atoms with van der Waals surface area (Å²) in [4.78, 5) is 21.3. The second kappa shape index (κ2) is 7.04. The molecule has 0 rings (SSSR count). The lowest BCUT2D eigenvalue weighted by Crippen LogP contribution is -2.21. The standard InChI is InChI=1S/C11H19NO3/c1-4-5-8(2)6-10(7-11(14)15)12-9(3)13/h7-8H,4-6H2,1-3H3,(H,12,13)(H,14,15)/b10-7-/t8-/m1/s1. The van der Waals surface area contributed by atoms with Gasteiger partial charge in [-0.05, 0) is 12.3 Å². The van der Waals surface area contributed by atoms with Crippen LogP contribution in [0, 0.1) is 5.92 Å². The van der Waals surface area contributed by atoms with Crippen LogP contribution in [-0.4, -0.2) is 17.0 Å². The summed E-state index contributed by atoms with van der Waals surface area (Å²) in [6, 6.07) is 0. The molecule has 0 heterocycles. The van der Waals surface area contributed by atoms with Crippen LogP contribution in [0.3, 0.4) is 0 Å². The monoisotopic (exact) mass is 213 g/mol. The normalized spacial score (nSPS) is 13.4. The van der Waals surface area contributed by atoms with E-state index in [1.165, 1.54) is 6.92 Å². The molecule has 0 spiro atoms. The first-order chi connectivity index (χ1) is 6.95. The van der Waals surface area contributed by atoms with Crippen molar-refractivity contribution in [3.05, 3.63) is 11.8 Å². The van der Waals surface area contributed by atoms with Crippen LogP contribution >= 0.6 is 0 Å². The lowest BCUT2D eigenvalue weighted by molar-refractivity contribution is -0.131. The Kier molecular flexibility index (Phi) is 6.42. The molecule has 0 aliphatic carbocycles. The van der Waals surface area contributed by atoms with Crippen molar-refractivity contribution in [2.24, 2.45) is 5.92 Å². The Morgan fingerprint density at radius 3 is 2.47 bits per heavy atom. The maximum atomic E-state index is 10.8. The highest BCUT2D eigenvalue weighted by Crippen LogP contribution is 2.14. The van der Waals surface area contributed by atoms with Crippen molar-refractivity contribution in [3.63, 3.8) is 0 Å². The first kappa shape index (κ1) is 13.7. The molecule has 0 unspecified atom stereocenters. The molecular weight excluding hydrogens is 194 g/mol. The molecule has 0 aliphatic heterocycles. The zero-order valence-corrected chi connectivity index (χ0v) is 9.54. The number of amides is 1. The van der Waals surface area contributed by atoms with Gasteiger partial charge in [0.05, 0.1) is 0 Å². The van der Waals surface area contributed by atoms with Crippen LogP contribution in [-0.2, 0) is 9.59 Å². The van der Waals surface area contributed by atoms with Gasteiger partial charge >= 0.3 is 5.97 Å². The number of carbonyl (C=O) groups excluding carboxylic acids is 1. The van der Waals surface area contributed by atoms with Crippen LogP contribution in [0.1, 0.15) is 40.0 Å². The van der Waals surface area contributed by atoms with Crippen molar-refractivity contribution in [2.75, 3.05) is 0 Å². The van der Waals surface area contributed by atoms with Gasteiger partial charge in [0.15, 0.2) is 0 Å². The summed E-state index contributed by atoms with van der Waals surface area (Å²) < 4.78 is 0. The molecule has 1 amide bonds. The van der Waals surface area contributed by atoms with Crippen LogP contribution in [0.25, 0.3) is 0 Å². The van der Waals surface area contributed by atoms with Gasteiger partial charge in [0.2, 0.25) is 5.91 Å². The first-order valence-corrected chi connectivity index (χ1v) is 5.16. The lowest BCUT2D eigenvalue weighted by Gasteiger charge is -2.13. The van der Waals surface area contributed by atoms with E-state index in [0.717, 1.165) is 18.9 Å². The minimum absolute atomic E-state index is 0.230. The van der Waals surface area contributed by atoms with E-state index in [9.17, 15) is 9.59 Å². The van der Waals surface area contributed by atoms with Crippen LogP contribution in [0.5, 0.6) is 0 Å². The predicted octanol–water partition coefficient (Wildman–Crippen LogP) is 1.92. The highest BCUT2D eigenvalue weighted by molar-refractivity contribution is 5.82. The third-order valence-electron chi connectivity index (χ3n) is 1.98. The van der Waals surface area contributed by atoms with Gasteiger partial charge in [-0.25, -0.2) is 4.79 Å². The van der Waals surface area contributed by atoms with E-state index < -0.39 is 5.97 Å². The number of hydrogen-bond acceptors (Lipinski definition) is 2. The fourth-order valence-corrected chi connectivity index (χ4v) is 1.49. The number of allylic oxidation sites excluding steroid dienone is 1. The molecule has 1 atom stereocenters. The van der Waals surface area contributed by atoms with Crippen LogP contribution < -0.4 is 5.32 Å². The SMILES string of the molecule is CCC[C@@H](C)C/C(=C/C(=O)O)NC(C)=O. The van der Waals surface area contributed by atoms with Crippen molar-refractivity contribution < 1.29 is 14.7 Å². The fraction of sp³-hybridized carbons (Fsp3) is 0.636. The van der Waals surface area contributed by atoms with Crippen molar-refractivity contribution in [1.29, 1.82) is 0 Å². The smallest absolute Gasteiger partial charge is 0.330 e. The summed E-state index contributed by atoms with van der Waals surface area (Å²) in [7, 11) is 0. The number of carboxylic acids is 1. The van der Waals surface area contributed by atoms with E-state index in [4.69, 9.17) is 5.11 Å². The van der Waals surface area contributed by atoms with Gasteiger partial charge in [0.25, 0.3) is 0 Å². The molecule has 0 saturated carbocycles. The molecule has 0 aromatic rings. The quantitative estimate of drug-likeness (QED) is 0.662. The Hall–Kier alpha value is -1.32. The molecular formula is C11H19NO3. The average molecular weight is 213 g/mol. The number of carboxylic acid groups (broad SMARTS) is 1. The Balaban J connectivity index is 4.37. The molecule has 0 bridgehead atoms. The molecule has 15 heavy (non-hydrogen) atoms. The third kappa shape index (κ3) is 7.73. The number of nitrogens with one attached hydrogen (secondary N) is 1. The van der Waals surface area contributed by atoms with Gasteiger partial charge in [-0.15, -0.1) is 0 Å². The molecule has 0 fully saturated rings. The zero-order chi connectivity index (χ0) is 11.8. The molecule has 86 valence electrons. The van der Waals surface area contributed by atoms with Gasteiger partial charge in [0, 0.05) is 18.7 Å². The van der Waals surface area contributed by atoms with Crippen molar-refractivity contribution in [2.45, 2.75) is 40.0 Å². The summed E-state index contributed by atoms with van der Waals surface area (Å²) in [5.41, 5.74) is 0.482. The van der Waals surface area contributed by atoms with E-state index in [-0.39, 0.29) is 5.91 Å². The lowest BCUT2D eigenvalue weighted by atomic mass is 10.00. The molecule has 0 aliphatic rings. The zero-order valence-electron chi connectivity index (χ0n) is 9.54. The second-order valence-electron chi connectivity index (χ2n) is 3.79. The van der Waals surface area contributed by atoms with Gasteiger partial charge in [-0.1, -0.05) is 26.7 Å². The van der Waals surface area contributed by atoms with Gasteiger partial charge in [-0.3, -0.25) is 4.79 Å². The number of carbonyl (C=O) groups is 2. The highest BCUT2D eigenvalue weighted by atomic mass is 16.4.